The first-order valence-electron chi connectivity index (χ1n) is 7.87. The lowest BCUT2D eigenvalue weighted by molar-refractivity contribution is -0.384. The van der Waals surface area contributed by atoms with Crippen LogP contribution in [0.25, 0.3) is 0 Å². The Labute approximate surface area is 146 Å². The van der Waals surface area contributed by atoms with E-state index in [0.717, 1.165) is 22.6 Å². The number of nitrogens with one attached hydrogen (secondary N) is 1. The third-order valence-corrected chi connectivity index (χ3v) is 3.97. The van der Waals surface area contributed by atoms with E-state index in [1.165, 1.54) is 12.1 Å². The molecule has 0 aliphatic heterocycles. The van der Waals surface area contributed by atoms with Gasteiger partial charge in [-0.3, -0.25) is 10.1 Å². The molecule has 0 bridgehead atoms. The van der Waals surface area contributed by atoms with Gasteiger partial charge in [-0.15, -0.1) is 0 Å². The molecule has 0 aromatic heterocycles. The van der Waals surface area contributed by atoms with Crippen molar-refractivity contribution in [1.29, 1.82) is 0 Å². The molecular weight excluding hydrogens is 316 g/mol. The van der Waals surface area contributed by atoms with Crippen molar-refractivity contribution >= 4 is 11.4 Å². The summed E-state index contributed by atoms with van der Waals surface area (Å²) in [5.74, 6) is 0.797. The van der Waals surface area contributed by atoms with E-state index in [9.17, 15) is 10.1 Å². The van der Waals surface area contributed by atoms with Gasteiger partial charge in [-0.05, 0) is 35.4 Å². The molecule has 1 unspecified atom stereocenters. The van der Waals surface area contributed by atoms with Crippen molar-refractivity contribution in [3.63, 3.8) is 0 Å². The summed E-state index contributed by atoms with van der Waals surface area (Å²) >= 11 is 0. The van der Waals surface area contributed by atoms with Crippen LogP contribution in [0.5, 0.6) is 5.75 Å². The number of rotatable bonds is 6. The summed E-state index contributed by atoms with van der Waals surface area (Å²) in [7, 11) is 1.64. The highest BCUT2D eigenvalue weighted by molar-refractivity contribution is 5.52. The summed E-state index contributed by atoms with van der Waals surface area (Å²) in [6, 6.07) is 24.3. The maximum atomic E-state index is 10.8. The van der Waals surface area contributed by atoms with Gasteiger partial charge < -0.3 is 10.1 Å². The molecule has 0 amide bonds. The van der Waals surface area contributed by atoms with Gasteiger partial charge in [0.15, 0.2) is 0 Å². The van der Waals surface area contributed by atoms with Crippen LogP contribution in [-0.2, 0) is 0 Å². The monoisotopic (exact) mass is 334 g/mol. The molecule has 0 spiro atoms. The number of nitro groups is 1. The van der Waals surface area contributed by atoms with E-state index in [2.05, 4.69) is 5.32 Å². The van der Waals surface area contributed by atoms with E-state index in [1.54, 1.807) is 19.2 Å². The topological polar surface area (TPSA) is 64.4 Å². The van der Waals surface area contributed by atoms with Crippen molar-refractivity contribution in [2.45, 2.75) is 6.04 Å². The number of hydrogen-bond acceptors (Lipinski definition) is 4. The van der Waals surface area contributed by atoms with E-state index >= 15 is 0 Å². The highest BCUT2D eigenvalue weighted by atomic mass is 16.6. The molecule has 25 heavy (non-hydrogen) atoms. The number of nitrogens with zero attached hydrogens (tertiary/aromatic N) is 1. The Morgan fingerprint density at radius 2 is 1.48 bits per heavy atom. The van der Waals surface area contributed by atoms with Crippen LogP contribution in [0.3, 0.4) is 0 Å². The van der Waals surface area contributed by atoms with Crippen molar-refractivity contribution in [1.82, 2.24) is 0 Å². The Morgan fingerprint density at radius 1 is 0.880 bits per heavy atom. The zero-order valence-corrected chi connectivity index (χ0v) is 13.8. The maximum Gasteiger partial charge on any atom is 0.269 e. The Morgan fingerprint density at radius 3 is 2.04 bits per heavy atom. The molecule has 0 heterocycles. The van der Waals surface area contributed by atoms with E-state index in [1.807, 2.05) is 54.6 Å². The summed E-state index contributed by atoms with van der Waals surface area (Å²) in [5.41, 5.74) is 3.07. The molecule has 5 nitrogen and oxygen atoms in total. The molecule has 0 saturated carbocycles. The highest BCUT2D eigenvalue weighted by Crippen LogP contribution is 2.28. The minimum Gasteiger partial charge on any atom is -0.497 e. The minimum atomic E-state index is -0.401. The van der Waals surface area contributed by atoms with E-state index in [0.29, 0.717) is 0 Å². The van der Waals surface area contributed by atoms with Crippen LogP contribution in [0.4, 0.5) is 11.4 Å². The van der Waals surface area contributed by atoms with Gasteiger partial charge in [0.05, 0.1) is 18.1 Å². The molecule has 0 aliphatic carbocycles. The smallest absolute Gasteiger partial charge is 0.269 e. The number of anilines is 1. The lowest BCUT2D eigenvalue weighted by Gasteiger charge is -2.21. The molecule has 0 fully saturated rings. The summed E-state index contributed by atoms with van der Waals surface area (Å²) in [4.78, 5) is 10.4. The normalized spacial score (nSPS) is 11.6. The van der Waals surface area contributed by atoms with Crippen LogP contribution >= 0.6 is 0 Å². The fraction of sp³-hybridized carbons (Fsp3) is 0.100. The first kappa shape index (κ1) is 16.5. The van der Waals surface area contributed by atoms with Gasteiger partial charge in [-0.25, -0.2) is 0 Å². The van der Waals surface area contributed by atoms with Crippen molar-refractivity contribution < 1.29 is 9.66 Å². The average Bonchev–Trinajstić information content (AvgIpc) is 2.67. The van der Waals surface area contributed by atoms with Gasteiger partial charge in [0.2, 0.25) is 0 Å². The van der Waals surface area contributed by atoms with Crippen LogP contribution in [0, 0.1) is 10.1 Å². The predicted molar refractivity (Wildman–Crippen MR) is 98.0 cm³/mol. The zero-order valence-electron chi connectivity index (χ0n) is 13.8. The number of non-ortho nitro benzene ring substituents is 1. The van der Waals surface area contributed by atoms with E-state index < -0.39 is 4.92 Å². The molecule has 3 aromatic rings. The third-order valence-electron chi connectivity index (χ3n) is 3.97. The molecule has 3 aromatic carbocycles. The Balaban J connectivity index is 1.92. The van der Waals surface area contributed by atoms with E-state index in [4.69, 9.17) is 4.74 Å². The highest BCUT2D eigenvalue weighted by Gasteiger charge is 2.14. The van der Waals surface area contributed by atoms with Crippen molar-refractivity contribution in [2.75, 3.05) is 12.4 Å². The standard InChI is InChI=1S/C20H18N2O3/c1-25-19-13-7-16(8-14-19)20(15-5-3-2-4-6-15)21-17-9-11-18(12-10-17)22(23)24/h2-14,20-21H,1H3. The molecule has 126 valence electrons. The molecule has 1 N–H and O–H groups in total. The van der Waals surface area contributed by atoms with Crippen molar-refractivity contribution in [3.8, 4) is 5.75 Å². The summed E-state index contributed by atoms with van der Waals surface area (Å²) in [5, 5.41) is 14.3. The largest absolute Gasteiger partial charge is 0.497 e. The number of hydrogen-bond donors (Lipinski definition) is 1. The van der Waals surface area contributed by atoms with Crippen molar-refractivity contribution in [2.24, 2.45) is 0 Å². The van der Waals surface area contributed by atoms with Crippen LogP contribution in [0.2, 0.25) is 0 Å². The molecule has 3 rings (SSSR count). The first-order chi connectivity index (χ1) is 12.2. The van der Waals surface area contributed by atoms with Gasteiger partial charge in [0, 0.05) is 17.8 Å². The first-order valence-corrected chi connectivity index (χ1v) is 7.87. The molecule has 0 aliphatic rings. The van der Waals surface area contributed by atoms with Crippen molar-refractivity contribution in [3.05, 3.63) is 100 Å². The lowest BCUT2D eigenvalue weighted by Crippen LogP contribution is -2.12. The summed E-state index contributed by atoms with van der Waals surface area (Å²) < 4.78 is 5.22. The summed E-state index contributed by atoms with van der Waals surface area (Å²) in [6.07, 6.45) is 0. The van der Waals surface area contributed by atoms with Gasteiger partial charge in [0.25, 0.3) is 5.69 Å². The van der Waals surface area contributed by atoms with Gasteiger partial charge >= 0.3 is 0 Å². The number of benzene rings is 3. The fourth-order valence-electron chi connectivity index (χ4n) is 2.65. The van der Waals surface area contributed by atoms with Crippen LogP contribution in [0.1, 0.15) is 17.2 Å². The number of ether oxygens (including phenoxy) is 1. The average molecular weight is 334 g/mol. The number of methoxy groups -OCH3 is 1. The molecular formula is C20H18N2O3. The van der Waals surface area contributed by atoms with Crippen LogP contribution < -0.4 is 10.1 Å². The second-order valence-corrected chi connectivity index (χ2v) is 5.57. The lowest BCUT2D eigenvalue weighted by atomic mass is 9.98. The third kappa shape index (κ3) is 3.95. The second-order valence-electron chi connectivity index (χ2n) is 5.57. The van der Waals surface area contributed by atoms with E-state index in [-0.39, 0.29) is 11.7 Å². The SMILES string of the molecule is COc1ccc(C(Nc2ccc([N+](=O)[O-])cc2)c2ccccc2)cc1. The Hall–Kier alpha value is -3.34. The predicted octanol–water partition coefficient (Wildman–Crippen LogP) is 4.80. The fourth-order valence-corrected chi connectivity index (χ4v) is 2.65. The molecule has 0 radical (unpaired) electrons. The van der Waals surface area contributed by atoms with Gasteiger partial charge in [0.1, 0.15) is 5.75 Å². The van der Waals surface area contributed by atoms with Crippen LogP contribution in [0.15, 0.2) is 78.9 Å². The second kappa shape index (κ2) is 7.49. The minimum absolute atomic E-state index is 0.0752. The molecule has 5 heteroatoms. The summed E-state index contributed by atoms with van der Waals surface area (Å²) in [6.45, 7) is 0. The Bertz CT molecular complexity index is 831. The Kier molecular flexibility index (Phi) is 4.95. The van der Waals surface area contributed by atoms with Gasteiger partial charge in [-0.2, -0.15) is 0 Å². The zero-order chi connectivity index (χ0) is 17.6. The maximum absolute atomic E-state index is 10.8. The quantitative estimate of drug-likeness (QED) is 0.519. The number of nitro benzene ring substituents is 1. The van der Waals surface area contributed by atoms with Crippen LogP contribution in [-0.4, -0.2) is 12.0 Å². The van der Waals surface area contributed by atoms with Gasteiger partial charge in [-0.1, -0.05) is 42.5 Å². The molecule has 0 saturated heterocycles. The molecule has 1 atom stereocenters.